The van der Waals surface area contributed by atoms with Crippen LogP contribution in [-0.2, 0) is 9.47 Å². The molecule has 13 heavy (non-hydrogen) atoms. The normalized spacial score (nSPS) is 49.5. The summed E-state index contributed by atoms with van der Waals surface area (Å²) in [6.45, 7) is 10.1. The minimum atomic E-state index is -0.628. The van der Waals surface area contributed by atoms with Gasteiger partial charge in [-0.05, 0) is 20.8 Å². The third-order valence-corrected chi connectivity index (χ3v) is 4.10. The Kier molecular flexibility index (Phi) is 2.33. The van der Waals surface area contributed by atoms with Crippen LogP contribution >= 0.6 is 0 Å². The fourth-order valence-corrected chi connectivity index (χ4v) is 2.05. The van der Waals surface area contributed by atoms with E-state index in [2.05, 4.69) is 20.8 Å². The number of ether oxygens (including phenoxy) is 2. The van der Waals surface area contributed by atoms with Crippen molar-refractivity contribution in [3.63, 3.8) is 0 Å². The highest BCUT2D eigenvalue weighted by molar-refractivity contribution is 6.15. The van der Waals surface area contributed by atoms with Crippen molar-refractivity contribution >= 4 is 7.85 Å². The zero-order valence-corrected chi connectivity index (χ0v) is 9.47. The lowest BCUT2D eigenvalue weighted by atomic mass is 9.58. The van der Waals surface area contributed by atoms with E-state index in [0.29, 0.717) is 0 Å². The molecular weight excluding hydrogens is 163 g/mol. The molecule has 0 saturated carbocycles. The van der Waals surface area contributed by atoms with Gasteiger partial charge in [0.2, 0.25) is 0 Å². The summed E-state index contributed by atoms with van der Waals surface area (Å²) in [7, 11) is 7.81. The van der Waals surface area contributed by atoms with Crippen LogP contribution in [0.5, 0.6) is 0 Å². The Morgan fingerprint density at radius 2 is 1.69 bits per heavy atom. The topological polar surface area (TPSA) is 18.5 Å². The standard InChI is InChI=1S/C10H19BO2/c1-7-9(4,12-6)8(2,3)10(5,11)13-7/h7H,1-6H3. The van der Waals surface area contributed by atoms with E-state index < -0.39 is 5.50 Å². The Morgan fingerprint density at radius 1 is 1.23 bits per heavy atom. The van der Waals surface area contributed by atoms with E-state index in [4.69, 9.17) is 17.3 Å². The molecule has 3 atom stereocenters. The third-order valence-electron chi connectivity index (χ3n) is 4.10. The number of hydrogen-bond donors (Lipinski definition) is 0. The van der Waals surface area contributed by atoms with Crippen molar-refractivity contribution in [2.24, 2.45) is 5.41 Å². The van der Waals surface area contributed by atoms with Crippen LogP contribution in [0, 0.1) is 5.41 Å². The van der Waals surface area contributed by atoms with Crippen LogP contribution in [0.4, 0.5) is 0 Å². The van der Waals surface area contributed by atoms with Crippen molar-refractivity contribution in [3.05, 3.63) is 0 Å². The van der Waals surface area contributed by atoms with Gasteiger partial charge in [-0.25, -0.2) is 0 Å². The Hall–Kier alpha value is -0.0151. The minimum Gasteiger partial charge on any atom is -0.379 e. The van der Waals surface area contributed by atoms with E-state index in [9.17, 15) is 0 Å². The first kappa shape index (κ1) is 11.1. The lowest BCUT2D eigenvalue weighted by Gasteiger charge is -2.43. The van der Waals surface area contributed by atoms with E-state index in [0.717, 1.165) is 0 Å². The molecule has 1 fully saturated rings. The Balaban J connectivity index is 3.13. The molecular formula is C10H19BO2. The van der Waals surface area contributed by atoms with Gasteiger partial charge in [0.1, 0.15) is 7.85 Å². The molecule has 0 aromatic carbocycles. The molecule has 0 aromatic rings. The van der Waals surface area contributed by atoms with Gasteiger partial charge in [0.05, 0.1) is 11.7 Å². The van der Waals surface area contributed by atoms with Gasteiger partial charge in [0.15, 0.2) is 0 Å². The monoisotopic (exact) mass is 182 g/mol. The van der Waals surface area contributed by atoms with Crippen LogP contribution in [0.2, 0.25) is 0 Å². The van der Waals surface area contributed by atoms with Crippen molar-refractivity contribution < 1.29 is 9.47 Å². The summed E-state index contributed by atoms with van der Waals surface area (Å²) in [5.74, 6) is 0. The molecule has 1 aliphatic rings. The van der Waals surface area contributed by atoms with E-state index >= 15 is 0 Å². The van der Waals surface area contributed by atoms with Crippen molar-refractivity contribution in [1.29, 1.82) is 0 Å². The van der Waals surface area contributed by atoms with Gasteiger partial charge in [0.25, 0.3) is 0 Å². The van der Waals surface area contributed by atoms with Crippen LogP contribution in [0.25, 0.3) is 0 Å². The first-order valence-corrected chi connectivity index (χ1v) is 4.71. The summed E-state index contributed by atoms with van der Waals surface area (Å²) < 4.78 is 11.3. The largest absolute Gasteiger partial charge is 0.379 e. The van der Waals surface area contributed by atoms with Crippen LogP contribution in [-0.4, -0.2) is 32.2 Å². The van der Waals surface area contributed by atoms with Gasteiger partial charge >= 0.3 is 0 Å². The lowest BCUT2D eigenvalue weighted by molar-refractivity contribution is -0.0849. The third kappa shape index (κ3) is 1.17. The molecule has 0 spiro atoms. The quantitative estimate of drug-likeness (QED) is 0.575. The molecule has 1 saturated heterocycles. The predicted molar refractivity (Wildman–Crippen MR) is 53.9 cm³/mol. The summed E-state index contributed by atoms with van der Waals surface area (Å²) in [6.07, 6.45) is 0.0162. The Labute approximate surface area is 82.4 Å². The summed E-state index contributed by atoms with van der Waals surface area (Å²) in [5, 5.41) is 0. The lowest BCUT2D eigenvalue weighted by Crippen LogP contribution is -2.52. The van der Waals surface area contributed by atoms with E-state index in [1.807, 2.05) is 13.8 Å². The van der Waals surface area contributed by atoms with Gasteiger partial charge < -0.3 is 9.47 Å². The number of methoxy groups -OCH3 is 1. The van der Waals surface area contributed by atoms with Crippen molar-refractivity contribution in [2.75, 3.05) is 7.11 Å². The summed E-state index contributed by atoms with van der Waals surface area (Å²) >= 11 is 0. The molecule has 0 aliphatic carbocycles. The van der Waals surface area contributed by atoms with Gasteiger partial charge in [0, 0.05) is 18.0 Å². The van der Waals surface area contributed by atoms with Crippen LogP contribution < -0.4 is 0 Å². The highest BCUT2D eigenvalue weighted by atomic mass is 16.6. The first-order chi connectivity index (χ1) is 5.69. The molecule has 3 unspecified atom stereocenters. The smallest absolute Gasteiger partial charge is 0.114 e. The fourth-order valence-electron chi connectivity index (χ4n) is 2.05. The van der Waals surface area contributed by atoms with Gasteiger partial charge in [-0.2, -0.15) is 0 Å². The minimum absolute atomic E-state index is 0.0162. The fraction of sp³-hybridized carbons (Fsp3) is 1.00. The maximum atomic E-state index is 6.09. The molecule has 0 aromatic heterocycles. The highest BCUT2D eigenvalue weighted by Gasteiger charge is 2.61. The van der Waals surface area contributed by atoms with Crippen molar-refractivity contribution in [1.82, 2.24) is 0 Å². The van der Waals surface area contributed by atoms with E-state index in [1.165, 1.54) is 0 Å². The molecule has 0 N–H and O–H groups in total. The molecule has 1 rings (SSSR count). The second kappa shape index (κ2) is 2.74. The van der Waals surface area contributed by atoms with E-state index in [-0.39, 0.29) is 17.1 Å². The molecule has 1 aliphatic heterocycles. The zero-order chi connectivity index (χ0) is 10.5. The molecule has 2 nitrogen and oxygen atoms in total. The molecule has 74 valence electrons. The maximum absolute atomic E-state index is 6.09. The van der Waals surface area contributed by atoms with Crippen molar-refractivity contribution in [3.8, 4) is 0 Å². The molecule has 1 heterocycles. The molecule has 2 radical (unpaired) electrons. The molecule has 0 amide bonds. The van der Waals surface area contributed by atoms with E-state index in [1.54, 1.807) is 7.11 Å². The second-order valence-electron chi connectivity index (χ2n) is 4.80. The predicted octanol–water partition coefficient (Wildman–Crippen LogP) is 1.72. The Morgan fingerprint density at radius 3 is 1.85 bits per heavy atom. The maximum Gasteiger partial charge on any atom is 0.114 e. The van der Waals surface area contributed by atoms with Gasteiger partial charge in [-0.1, -0.05) is 13.8 Å². The highest BCUT2D eigenvalue weighted by Crippen LogP contribution is 2.52. The average molecular weight is 182 g/mol. The Bertz CT molecular complexity index is 210. The van der Waals surface area contributed by atoms with Crippen LogP contribution in [0.1, 0.15) is 34.6 Å². The number of rotatable bonds is 1. The first-order valence-electron chi connectivity index (χ1n) is 4.71. The van der Waals surface area contributed by atoms with Gasteiger partial charge in [-0.3, -0.25) is 0 Å². The number of hydrogen-bond acceptors (Lipinski definition) is 2. The van der Waals surface area contributed by atoms with Crippen molar-refractivity contribution in [2.45, 2.75) is 51.8 Å². The summed E-state index contributed by atoms with van der Waals surface area (Å²) in [6, 6.07) is 0. The van der Waals surface area contributed by atoms with Crippen LogP contribution in [0.15, 0.2) is 0 Å². The summed E-state index contributed by atoms with van der Waals surface area (Å²) in [5.41, 5.74) is -1.15. The zero-order valence-electron chi connectivity index (χ0n) is 9.47. The molecule has 0 bridgehead atoms. The second-order valence-corrected chi connectivity index (χ2v) is 4.80. The molecule has 3 heteroatoms. The van der Waals surface area contributed by atoms with Gasteiger partial charge in [-0.15, -0.1) is 0 Å². The van der Waals surface area contributed by atoms with Crippen LogP contribution in [0.3, 0.4) is 0 Å². The summed E-state index contributed by atoms with van der Waals surface area (Å²) in [4.78, 5) is 0. The average Bonchev–Trinajstić information content (AvgIpc) is 2.10. The SMILES string of the molecule is [B]C1(C)OC(C)C(C)(OC)C1(C)C.